The third-order valence-electron chi connectivity index (χ3n) is 1.95. The van der Waals surface area contributed by atoms with Crippen LogP contribution in [0.4, 0.5) is 18.9 Å². The molecule has 17 heavy (non-hydrogen) atoms. The molecule has 0 aliphatic heterocycles. The number of nitro groups is 1. The molecule has 0 atom stereocenters. The van der Waals surface area contributed by atoms with Gasteiger partial charge < -0.3 is 5.73 Å². The van der Waals surface area contributed by atoms with E-state index in [1.807, 2.05) is 0 Å². The Morgan fingerprint density at radius 1 is 1.41 bits per heavy atom. The van der Waals surface area contributed by atoms with Crippen molar-refractivity contribution in [3.05, 3.63) is 39.4 Å². The zero-order valence-electron chi connectivity index (χ0n) is 8.32. The second-order valence-corrected chi connectivity index (χ2v) is 3.21. The van der Waals surface area contributed by atoms with Gasteiger partial charge in [0.25, 0.3) is 6.54 Å². The molecule has 1 rings (SSSR count). The van der Waals surface area contributed by atoms with Crippen LogP contribution in [0.1, 0.15) is 15.9 Å². The van der Waals surface area contributed by atoms with Gasteiger partial charge in [-0.15, -0.1) is 0 Å². The van der Waals surface area contributed by atoms with E-state index >= 15 is 0 Å². The van der Waals surface area contributed by atoms with Gasteiger partial charge >= 0.3 is 6.18 Å². The third kappa shape index (κ3) is 3.16. The lowest BCUT2D eigenvalue weighted by atomic mass is 10.1. The second-order valence-electron chi connectivity index (χ2n) is 3.21. The second kappa shape index (κ2) is 4.40. The highest BCUT2D eigenvalue weighted by molar-refractivity contribution is 6.01. The van der Waals surface area contributed by atoms with Crippen LogP contribution in [0.25, 0.3) is 0 Å². The molecular weight excluding hydrogens is 241 g/mol. The first-order chi connectivity index (χ1) is 7.71. The lowest BCUT2D eigenvalue weighted by Gasteiger charge is -2.09. The minimum Gasteiger partial charge on any atom is -0.398 e. The van der Waals surface area contributed by atoms with E-state index in [0.717, 1.165) is 6.07 Å². The molecule has 0 aliphatic rings. The van der Waals surface area contributed by atoms with Gasteiger partial charge in [0.2, 0.25) is 5.78 Å². The quantitative estimate of drug-likeness (QED) is 0.382. The fraction of sp³-hybridized carbons (Fsp3) is 0.222. The fourth-order valence-corrected chi connectivity index (χ4v) is 1.20. The van der Waals surface area contributed by atoms with Crippen LogP contribution in [-0.2, 0) is 6.18 Å². The van der Waals surface area contributed by atoms with Crippen molar-refractivity contribution < 1.29 is 22.9 Å². The monoisotopic (exact) mass is 248 g/mol. The van der Waals surface area contributed by atoms with Crippen molar-refractivity contribution in [2.75, 3.05) is 12.3 Å². The van der Waals surface area contributed by atoms with Crippen LogP contribution in [0.15, 0.2) is 18.2 Å². The highest BCUT2D eigenvalue weighted by Gasteiger charge is 2.31. The Kier molecular flexibility index (Phi) is 3.35. The number of nitrogen functional groups attached to an aromatic ring is 1. The van der Waals surface area contributed by atoms with E-state index in [1.54, 1.807) is 0 Å². The van der Waals surface area contributed by atoms with Gasteiger partial charge in [0.15, 0.2) is 0 Å². The SMILES string of the molecule is Nc1cc(C(F)(F)F)ccc1C(=O)C[N+](=O)[O-]. The molecule has 8 heteroatoms. The fourth-order valence-electron chi connectivity index (χ4n) is 1.20. The van der Waals surface area contributed by atoms with E-state index in [-0.39, 0.29) is 5.56 Å². The number of nitrogens with zero attached hydrogens (tertiary/aromatic N) is 1. The molecule has 0 bridgehead atoms. The molecule has 0 saturated carbocycles. The summed E-state index contributed by atoms with van der Waals surface area (Å²) in [6, 6.07) is 2.07. The van der Waals surface area contributed by atoms with E-state index in [2.05, 4.69) is 0 Å². The van der Waals surface area contributed by atoms with E-state index in [1.165, 1.54) is 0 Å². The molecular formula is C9H7F3N2O3. The standard InChI is InChI=1S/C9H7F3N2O3/c10-9(11,12)5-1-2-6(7(13)3-5)8(15)4-14(16)17/h1-3H,4,13H2. The molecule has 0 unspecified atom stereocenters. The van der Waals surface area contributed by atoms with Crippen molar-refractivity contribution in [2.24, 2.45) is 0 Å². The first-order valence-corrected chi connectivity index (χ1v) is 4.33. The van der Waals surface area contributed by atoms with Crippen LogP contribution in [0.3, 0.4) is 0 Å². The van der Waals surface area contributed by atoms with Gasteiger partial charge in [0.05, 0.1) is 5.56 Å². The molecule has 0 heterocycles. The zero-order chi connectivity index (χ0) is 13.2. The van der Waals surface area contributed by atoms with Crippen molar-refractivity contribution in [3.63, 3.8) is 0 Å². The highest BCUT2D eigenvalue weighted by atomic mass is 19.4. The van der Waals surface area contributed by atoms with Gasteiger partial charge in [-0.3, -0.25) is 14.9 Å². The summed E-state index contributed by atoms with van der Waals surface area (Å²) in [5, 5.41) is 10.1. The minimum atomic E-state index is -4.57. The lowest BCUT2D eigenvalue weighted by Crippen LogP contribution is -2.16. The largest absolute Gasteiger partial charge is 0.416 e. The normalized spacial score (nSPS) is 11.2. The maximum Gasteiger partial charge on any atom is 0.416 e. The summed E-state index contributed by atoms with van der Waals surface area (Å²) in [4.78, 5) is 20.4. The Bertz CT molecular complexity index is 471. The van der Waals surface area contributed by atoms with E-state index in [9.17, 15) is 28.1 Å². The molecule has 2 N–H and O–H groups in total. The number of halogens is 3. The Labute approximate surface area is 93.2 Å². The number of hydrogen-bond donors (Lipinski definition) is 1. The van der Waals surface area contributed by atoms with Crippen molar-refractivity contribution in [1.29, 1.82) is 0 Å². The number of ketones is 1. The molecule has 1 aromatic rings. The summed E-state index contributed by atoms with van der Waals surface area (Å²) in [7, 11) is 0. The maximum atomic E-state index is 12.3. The molecule has 0 spiro atoms. The zero-order valence-corrected chi connectivity index (χ0v) is 8.32. The smallest absolute Gasteiger partial charge is 0.398 e. The Morgan fingerprint density at radius 2 is 2.00 bits per heavy atom. The van der Waals surface area contributed by atoms with E-state index in [4.69, 9.17) is 5.73 Å². The van der Waals surface area contributed by atoms with E-state index in [0.29, 0.717) is 12.1 Å². The number of Topliss-reactive ketones (excluding diaryl/α,β-unsaturated/α-hetero) is 1. The minimum absolute atomic E-state index is 0.283. The Hall–Kier alpha value is -2.12. The van der Waals surface area contributed by atoms with Crippen molar-refractivity contribution in [2.45, 2.75) is 6.18 Å². The predicted octanol–water partition coefficient (Wildman–Crippen LogP) is 1.75. The summed E-state index contributed by atoms with van der Waals surface area (Å²) in [6.07, 6.45) is -4.57. The molecule has 0 aromatic heterocycles. The van der Waals surface area contributed by atoms with Crippen molar-refractivity contribution >= 4 is 11.5 Å². The third-order valence-corrected chi connectivity index (χ3v) is 1.95. The number of hydrogen-bond acceptors (Lipinski definition) is 4. The van der Waals surface area contributed by atoms with Crippen molar-refractivity contribution in [3.8, 4) is 0 Å². The number of carbonyl (C=O) groups is 1. The molecule has 0 radical (unpaired) electrons. The molecule has 5 nitrogen and oxygen atoms in total. The number of alkyl halides is 3. The predicted molar refractivity (Wildman–Crippen MR) is 52.0 cm³/mol. The maximum absolute atomic E-state index is 12.3. The topological polar surface area (TPSA) is 86.2 Å². The molecule has 0 fully saturated rings. The average Bonchev–Trinajstić information content (AvgIpc) is 2.14. The first kappa shape index (κ1) is 12.9. The van der Waals surface area contributed by atoms with Crippen LogP contribution < -0.4 is 5.73 Å². The summed E-state index contributed by atoms with van der Waals surface area (Å²) in [6.45, 7) is -1.00. The molecule has 0 saturated heterocycles. The van der Waals surface area contributed by atoms with Crippen LogP contribution in [0, 0.1) is 10.1 Å². The molecule has 92 valence electrons. The van der Waals surface area contributed by atoms with Gasteiger partial charge in [-0.2, -0.15) is 13.2 Å². The van der Waals surface area contributed by atoms with E-state index < -0.39 is 34.7 Å². The number of rotatable bonds is 3. The Morgan fingerprint density at radius 3 is 2.41 bits per heavy atom. The summed E-state index contributed by atoms with van der Waals surface area (Å²) < 4.78 is 36.8. The molecule has 1 aromatic carbocycles. The van der Waals surface area contributed by atoms with Crippen LogP contribution in [0.2, 0.25) is 0 Å². The Balaban J connectivity index is 3.06. The van der Waals surface area contributed by atoms with Crippen LogP contribution in [0.5, 0.6) is 0 Å². The number of nitrogens with two attached hydrogens (primary N) is 1. The van der Waals surface area contributed by atoms with Gasteiger partial charge in [-0.1, -0.05) is 0 Å². The lowest BCUT2D eigenvalue weighted by molar-refractivity contribution is -0.465. The van der Waals surface area contributed by atoms with Crippen LogP contribution in [-0.4, -0.2) is 17.3 Å². The van der Waals surface area contributed by atoms with Crippen LogP contribution >= 0.6 is 0 Å². The molecule has 0 aliphatic carbocycles. The van der Waals surface area contributed by atoms with Crippen molar-refractivity contribution in [1.82, 2.24) is 0 Å². The van der Waals surface area contributed by atoms with Gasteiger partial charge in [-0.25, -0.2) is 0 Å². The number of carbonyl (C=O) groups excluding carboxylic acids is 1. The average molecular weight is 248 g/mol. The number of anilines is 1. The highest BCUT2D eigenvalue weighted by Crippen LogP contribution is 2.31. The summed E-state index contributed by atoms with van der Waals surface area (Å²) >= 11 is 0. The molecule has 0 amide bonds. The summed E-state index contributed by atoms with van der Waals surface area (Å²) in [5.41, 5.74) is 3.54. The first-order valence-electron chi connectivity index (χ1n) is 4.33. The van der Waals surface area contributed by atoms with Gasteiger partial charge in [-0.05, 0) is 18.2 Å². The summed E-state index contributed by atoms with van der Waals surface area (Å²) in [5.74, 6) is -0.929. The van der Waals surface area contributed by atoms with Gasteiger partial charge in [0.1, 0.15) is 0 Å². The van der Waals surface area contributed by atoms with Gasteiger partial charge in [0, 0.05) is 16.2 Å². The number of benzene rings is 1.